The number of aryl methyl sites for hydroxylation is 1. The van der Waals surface area contributed by atoms with Gasteiger partial charge in [0.1, 0.15) is 5.76 Å². The third-order valence-electron chi connectivity index (χ3n) is 2.92. The van der Waals surface area contributed by atoms with Crippen LogP contribution in [0.2, 0.25) is 0 Å². The Hall–Kier alpha value is -1.36. The molecule has 0 spiro atoms. The molecule has 1 rings (SSSR count). The highest BCUT2D eigenvalue weighted by Crippen LogP contribution is 2.04. The molecule has 0 aliphatic rings. The van der Waals surface area contributed by atoms with E-state index in [0.29, 0.717) is 18.4 Å². The molecule has 1 unspecified atom stereocenters. The summed E-state index contributed by atoms with van der Waals surface area (Å²) in [4.78, 5) is 15.9. The molecule has 1 heterocycles. The van der Waals surface area contributed by atoms with Crippen molar-refractivity contribution in [1.82, 2.24) is 15.6 Å². The standard InChI is InChI=1S/C14H25N3O2/c1-5-12-8-17-13(19-12)9-16-11(4)14(18)15-7-6-10(2)3/h8,10-11,16H,5-7,9H2,1-4H3,(H,15,18). The summed E-state index contributed by atoms with van der Waals surface area (Å²) < 4.78 is 5.47. The Balaban J connectivity index is 2.26. The lowest BCUT2D eigenvalue weighted by molar-refractivity contribution is -0.122. The number of carbonyl (C=O) groups is 1. The van der Waals surface area contributed by atoms with Gasteiger partial charge in [0.15, 0.2) is 0 Å². The maximum atomic E-state index is 11.8. The molecule has 0 bridgehead atoms. The molecule has 5 nitrogen and oxygen atoms in total. The second kappa shape index (κ2) is 7.94. The molecule has 5 heteroatoms. The van der Waals surface area contributed by atoms with E-state index in [1.165, 1.54) is 0 Å². The number of hydrogen-bond donors (Lipinski definition) is 2. The van der Waals surface area contributed by atoms with Gasteiger partial charge in [0.2, 0.25) is 11.8 Å². The number of rotatable bonds is 8. The number of nitrogens with zero attached hydrogens (tertiary/aromatic N) is 1. The number of carbonyl (C=O) groups excluding carboxylic acids is 1. The van der Waals surface area contributed by atoms with Crippen molar-refractivity contribution in [3.8, 4) is 0 Å². The van der Waals surface area contributed by atoms with Gasteiger partial charge in [-0.2, -0.15) is 0 Å². The van der Waals surface area contributed by atoms with E-state index in [4.69, 9.17) is 4.42 Å². The molecule has 1 atom stereocenters. The first-order chi connectivity index (χ1) is 9.02. The summed E-state index contributed by atoms with van der Waals surface area (Å²) in [5, 5.41) is 6.02. The summed E-state index contributed by atoms with van der Waals surface area (Å²) in [5.41, 5.74) is 0. The van der Waals surface area contributed by atoms with Crippen molar-refractivity contribution >= 4 is 5.91 Å². The van der Waals surface area contributed by atoms with Crippen LogP contribution in [0.4, 0.5) is 0 Å². The predicted octanol–water partition coefficient (Wildman–Crippen LogP) is 1.88. The Morgan fingerprint density at radius 1 is 1.42 bits per heavy atom. The molecular formula is C14H25N3O2. The number of oxazole rings is 1. The van der Waals surface area contributed by atoms with Crippen LogP contribution in [0, 0.1) is 5.92 Å². The molecule has 0 aliphatic carbocycles. The summed E-state index contributed by atoms with van der Waals surface area (Å²) in [5.74, 6) is 2.11. The Morgan fingerprint density at radius 2 is 2.16 bits per heavy atom. The van der Waals surface area contributed by atoms with Crippen molar-refractivity contribution in [2.75, 3.05) is 6.54 Å². The Kier molecular flexibility index (Phi) is 6.56. The minimum Gasteiger partial charge on any atom is -0.444 e. The molecule has 1 aromatic rings. The summed E-state index contributed by atoms with van der Waals surface area (Å²) in [6.45, 7) is 9.33. The largest absolute Gasteiger partial charge is 0.444 e. The molecule has 2 N–H and O–H groups in total. The zero-order chi connectivity index (χ0) is 14.3. The maximum Gasteiger partial charge on any atom is 0.236 e. The first kappa shape index (κ1) is 15.7. The SMILES string of the molecule is CCc1cnc(CNC(C)C(=O)NCCC(C)C)o1. The first-order valence-electron chi connectivity index (χ1n) is 6.97. The lowest BCUT2D eigenvalue weighted by atomic mass is 10.1. The zero-order valence-electron chi connectivity index (χ0n) is 12.3. The summed E-state index contributed by atoms with van der Waals surface area (Å²) >= 11 is 0. The third kappa shape index (κ3) is 5.87. The van der Waals surface area contributed by atoms with Gasteiger partial charge in [0.05, 0.1) is 18.8 Å². The average molecular weight is 267 g/mol. The van der Waals surface area contributed by atoms with Crippen molar-refractivity contribution in [1.29, 1.82) is 0 Å². The number of hydrogen-bond acceptors (Lipinski definition) is 4. The van der Waals surface area contributed by atoms with Gasteiger partial charge in [-0.15, -0.1) is 0 Å². The van der Waals surface area contributed by atoms with Crippen LogP contribution in [0.5, 0.6) is 0 Å². The Labute approximate surface area is 115 Å². The van der Waals surface area contributed by atoms with Gasteiger partial charge in [0.25, 0.3) is 0 Å². The van der Waals surface area contributed by atoms with Crippen LogP contribution in [0.15, 0.2) is 10.6 Å². The van der Waals surface area contributed by atoms with Gasteiger partial charge in [-0.05, 0) is 19.3 Å². The summed E-state index contributed by atoms with van der Waals surface area (Å²) in [6, 6.07) is -0.246. The van der Waals surface area contributed by atoms with E-state index in [9.17, 15) is 4.79 Å². The smallest absolute Gasteiger partial charge is 0.236 e. The highest BCUT2D eigenvalue weighted by atomic mass is 16.4. The van der Waals surface area contributed by atoms with E-state index >= 15 is 0 Å². The van der Waals surface area contributed by atoms with E-state index in [1.807, 2.05) is 13.8 Å². The van der Waals surface area contributed by atoms with Crippen LogP contribution < -0.4 is 10.6 Å². The second-order valence-electron chi connectivity index (χ2n) is 5.15. The van der Waals surface area contributed by atoms with Gasteiger partial charge in [-0.1, -0.05) is 20.8 Å². The van der Waals surface area contributed by atoms with Crippen LogP contribution >= 0.6 is 0 Å². The molecule has 0 aromatic carbocycles. The lowest BCUT2D eigenvalue weighted by Gasteiger charge is -2.13. The van der Waals surface area contributed by atoms with Gasteiger partial charge in [0, 0.05) is 13.0 Å². The fourth-order valence-electron chi connectivity index (χ4n) is 1.56. The maximum absolute atomic E-state index is 11.8. The van der Waals surface area contributed by atoms with E-state index in [2.05, 4.69) is 29.5 Å². The molecule has 0 saturated heterocycles. The van der Waals surface area contributed by atoms with Gasteiger partial charge < -0.3 is 9.73 Å². The topological polar surface area (TPSA) is 67.2 Å². The second-order valence-corrected chi connectivity index (χ2v) is 5.15. The molecular weight excluding hydrogens is 242 g/mol. The van der Waals surface area contributed by atoms with E-state index in [0.717, 1.165) is 25.1 Å². The minimum atomic E-state index is -0.246. The number of nitrogens with one attached hydrogen (secondary N) is 2. The molecule has 1 aromatic heterocycles. The van der Waals surface area contributed by atoms with E-state index in [1.54, 1.807) is 6.20 Å². The monoisotopic (exact) mass is 267 g/mol. The normalized spacial score (nSPS) is 12.7. The lowest BCUT2D eigenvalue weighted by Crippen LogP contribution is -2.42. The third-order valence-corrected chi connectivity index (χ3v) is 2.92. The number of aromatic nitrogens is 1. The fourth-order valence-corrected chi connectivity index (χ4v) is 1.56. The van der Waals surface area contributed by atoms with Crippen molar-refractivity contribution in [3.63, 3.8) is 0 Å². The Morgan fingerprint density at radius 3 is 2.74 bits per heavy atom. The van der Waals surface area contributed by atoms with Crippen LogP contribution in [-0.4, -0.2) is 23.5 Å². The molecule has 0 saturated carbocycles. The van der Waals surface area contributed by atoms with Gasteiger partial charge in [-0.25, -0.2) is 4.98 Å². The Bertz CT molecular complexity index is 388. The van der Waals surface area contributed by atoms with Crippen LogP contribution in [-0.2, 0) is 17.8 Å². The highest BCUT2D eigenvalue weighted by molar-refractivity contribution is 5.81. The minimum absolute atomic E-state index is 0.0166. The molecule has 108 valence electrons. The summed E-state index contributed by atoms with van der Waals surface area (Å²) in [7, 11) is 0. The average Bonchev–Trinajstić information content (AvgIpc) is 2.83. The molecule has 0 aliphatic heterocycles. The van der Waals surface area contributed by atoms with Gasteiger partial charge in [-0.3, -0.25) is 10.1 Å². The quantitative estimate of drug-likeness (QED) is 0.754. The number of amides is 1. The van der Waals surface area contributed by atoms with Crippen molar-refractivity contribution in [2.45, 2.75) is 53.1 Å². The van der Waals surface area contributed by atoms with Crippen LogP contribution in [0.3, 0.4) is 0 Å². The van der Waals surface area contributed by atoms with E-state index in [-0.39, 0.29) is 11.9 Å². The predicted molar refractivity (Wildman–Crippen MR) is 74.6 cm³/mol. The van der Waals surface area contributed by atoms with Crippen molar-refractivity contribution in [3.05, 3.63) is 17.8 Å². The molecule has 0 radical (unpaired) electrons. The van der Waals surface area contributed by atoms with Crippen molar-refractivity contribution in [2.24, 2.45) is 5.92 Å². The summed E-state index contributed by atoms with van der Waals surface area (Å²) in [6.07, 6.45) is 3.56. The van der Waals surface area contributed by atoms with E-state index < -0.39 is 0 Å². The fraction of sp³-hybridized carbons (Fsp3) is 0.714. The van der Waals surface area contributed by atoms with Gasteiger partial charge >= 0.3 is 0 Å². The first-order valence-corrected chi connectivity index (χ1v) is 6.97. The molecule has 0 fully saturated rings. The molecule has 1 amide bonds. The highest BCUT2D eigenvalue weighted by Gasteiger charge is 2.13. The zero-order valence-corrected chi connectivity index (χ0v) is 12.3. The van der Waals surface area contributed by atoms with Crippen molar-refractivity contribution < 1.29 is 9.21 Å². The van der Waals surface area contributed by atoms with Crippen LogP contribution in [0.25, 0.3) is 0 Å². The van der Waals surface area contributed by atoms with Crippen LogP contribution in [0.1, 0.15) is 45.8 Å². The molecule has 19 heavy (non-hydrogen) atoms.